The van der Waals surface area contributed by atoms with Crippen LogP contribution in [0.15, 0.2) is 48.5 Å². The number of amides is 1. The van der Waals surface area contributed by atoms with Gasteiger partial charge in [-0.25, -0.2) is 4.79 Å². The number of carbonyl (C=O) groups is 3. The molecule has 0 radical (unpaired) electrons. The highest BCUT2D eigenvalue weighted by atomic mass is 16.5. The summed E-state index contributed by atoms with van der Waals surface area (Å²) in [7, 11) is 1.37. The van der Waals surface area contributed by atoms with E-state index in [4.69, 9.17) is 4.74 Å². The molecule has 1 aliphatic rings. The molecule has 1 unspecified atom stereocenters. The Morgan fingerprint density at radius 1 is 1.11 bits per heavy atom. The van der Waals surface area contributed by atoms with E-state index in [1.165, 1.54) is 14.0 Å². The molecule has 0 saturated carbocycles. The molecule has 0 bridgehead atoms. The zero-order valence-corrected chi connectivity index (χ0v) is 15.5. The summed E-state index contributed by atoms with van der Waals surface area (Å²) in [5.41, 5.74) is 3.36. The first-order valence-electron chi connectivity index (χ1n) is 8.88. The first-order chi connectivity index (χ1) is 13.0. The van der Waals surface area contributed by atoms with Crippen LogP contribution in [0.2, 0.25) is 0 Å². The number of esters is 1. The third-order valence-electron chi connectivity index (χ3n) is 4.88. The number of ketones is 1. The molecule has 1 aliphatic heterocycles. The lowest BCUT2D eigenvalue weighted by molar-refractivity contribution is -0.924. The summed E-state index contributed by atoms with van der Waals surface area (Å²) in [5.74, 6) is -0.583. The van der Waals surface area contributed by atoms with E-state index in [-0.39, 0.29) is 24.2 Å². The molecule has 2 aromatic carbocycles. The van der Waals surface area contributed by atoms with Crippen LogP contribution in [0.1, 0.15) is 28.4 Å². The number of benzene rings is 2. The van der Waals surface area contributed by atoms with Crippen molar-refractivity contribution in [1.82, 2.24) is 0 Å². The van der Waals surface area contributed by atoms with Crippen molar-refractivity contribution in [1.29, 1.82) is 0 Å². The fourth-order valence-electron chi connectivity index (χ4n) is 3.47. The van der Waals surface area contributed by atoms with Crippen molar-refractivity contribution in [3.8, 4) is 0 Å². The maximum atomic E-state index is 12.6. The molecule has 0 aliphatic carbocycles. The fraction of sp³-hybridized carbons (Fsp3) is 0.286. The first-order valence-corrected chi connectivity index (χ1v) is 8.88. The van der Waals surface area contributed by atoms with Crippen LogP contribution in [0, 0.1) is 0 Å². The zero-order chi connectivity index (χ0) is 19.4. The lowest BCUT2D eigenvalue weighted by Gasteiger charge is -2.31. The highest BCUT2D eigenvalue weighted by Crippen LogP contribution is 2.15. The van der Waals surface area contributed by atoms with Gasteiger partial charge in [-0.05, 0) is 24.6 Å². The van der Waals surface area contributed by atoms with Crippen LogP contribution in [0.4, 0.5) is 5.69 Å². The monoisotopic (exact) mass is 367 g/mol. The number of quaternary nitrogens is 1. The van der Waals surface area contributed by atoms with Gasteiger partial charge < -0.3 is 15.0 Å². The minimum absolute atomic E-state index is 0.0601. The zero-order valence-electron chi connectivity index (χ0n) is 15.5. The van der Waals surface area contributed by atoms with Gasteiger partial charge in [0.1, 0.15) is 6.54 Å². The highest BCUT2D eigenvalue weighted by molar-refractivity contribution is 5.97. The van der Waals surface area contributed by atoms with Gasteiger partial charge in [-0.15, -0.1) is 0 Å². The summed E-state index contributed by atoms with van der Waals surface area (Å²) in [5, 5.41) is 2.82. The largest absolute Gasteiger partial charge is 0.465 e. The summed E-state index contributed by atoms with van der Waals surface area (Å²) in [6, 6.07) is 14.4. The molecule has 3 rings (SSSR count). The van der Waals surface area contributed by atoms with E-state index >= 15 is 0 Å². The molecule has 140 valence electrons. The van der Waals surface area contributed by atoms with Gasteiger partial charge in [-0.3, -0.25) is 9.59 Å². The van der Waals surface area contributed by atoms with Gasteiger partial charge in [0.25, 0.3) is 5.91 Å². The van der Waals surface area contributed by atoms with Gasteiger partial charge in [0.15, 0.2) is 18.4 Å². The normalized spacial score (nSPS) is 18.3. The molecule has 1 amide bonds. The smallest absolute Gasteiger partial charge is 0.365 e. The predicted octanol–water partition coefficient (Wildman–Crippen LogP) is 1.01. The number of hydrogen-bond donors (Lipinski definition) is 2. The molecular weight excluding hydrogens is 344 g/mol. The molecular formula is C21H23N2O4+. The van der Waals surface area contributed by atoms with Crippen LogP contribution in [0.25, 0.3) is 0 Å². The maximum Gasteiger partial charge on any atom is 0.365 e. The minimum atomic E-state index is -0.417. The van der Waals surface area contributed by atoms with E-state index in [2.05, 4.69) is 5.32 Å². The minimum Gasteiger partial charge on any atom is -0.465 e. The van der Waals surface area contributed by atoms with E-state index in [1.807, 2.05) is 24.3 Å². The van der Waals surface area contributed by atoms with Crippen LogP contribution >= 0.6 is 0 Å². The first kappa shape index (κ1) is 18.8. The SMILES string of the molecule is COC(=O)[C@@H]1Cc2ccccc2C[NH+]1CC(=O)Nc1cccc(C(C)=O)c1. The number of ether oxygens (including phenoxy) is 1. The van der Waals surface area contributed by atoms with Crippen molar-refractivity contribution in [2.75, 3.05) is 19.0 Å². The van der Waals surface area contributed by atoms with Crippen molar-refractivity contribution in [3.63, 3.8) is 0 Å². The average molecular weight is 367 g/mol. The molecule has 0 spiro atoms. The Balaban J connectivity index is 1.74. The lowest BCUT2D eigenvalue weighted by atomic mass is 9.94. The molecule has 6 nitrogen and oxygen atoms in total. The quantitative estimate of drug-likeness (QED) is 0.611. The maximum absolute atomic E-state index is 12.6. The molecule has 2 atom stereocenters. The summed E-state index contributed by atoms with van der Waals surface area (Å²) in [6.07, 6.45) is 0.547. The number of methoxy groups -OCH3 is 1. The number of carbonyl (C=O) groups excluding carboxylic acids is 3. The highest BCUT2D eigenvalue weighted by Gasteiger charge is 2.37. The number of anilines is 1. The Morgan fingerprint density at radius 2 is 1.85 bits per heavy atom. The number of hydrogen-bond acceptors (Lipinski definition) is 4. The average Bonchev–Trinajstić information content (AvgIpc) is 2.67. The Kier molecular flexibility index (Phi) is 5.66. The summed E-state index contributed by atoms with van der Waals surface area (Å²) in [4.78, 5) is 37.1. The van der Waals surface area contributed by atoms with Gasteiger partial charge in [0.05, 0.1) is 7.11 Å². The summed E-state index contributed by atoms with van der Waals surface area (Å²) < 4.78 is 4.95. The molecule has 2 N–H and O–H groups in total. The van der Waals surface area contributed by atoms with E-state index in [0.717, 1.165) is 16.0 Å². The third kappa shape index (κ3) is 4.41. The van der Waals surface area contributed by atoms with Gasteiger partial charge in [-0.1, -0.05) is 36.4 Å². The number of rotatable bonds is 5. The summed E-state index contributed by atoms with van der Waals surface area (Å²) >= 11 is 0. The molecule has 2 aromatic rings. The second-order valence-corrected chi connectivity index (χ2v) is 6.75. The van der Waals surface area contributed by atoms with Gasteiger partial charge in [0, 0.05) is 23.2 Å². The molecule has 27 heavy (non-hydrogen) atoms. The second kappa shape index (κ2) is 8.14. The fourth-order valence-corrected chi connectivity index (χ4v) is 3.47. The number of nitrogens with one attached hydrogen (secondary N) is 2. The van der Waals surface area contributed by atoms with Gasteiger partial charge >= 0.3 is 5.97 Å². The predicted molar refractivity (Wildman–Crippen MR) is 101 cm³/mol. The molecule has 0 saturated heterocycles. The van der Waals surface area contributed by atoms with E-state index in [0.29, 0.717) is 24.2 Å². The van der Waals surface area contributed by atoms with Crippen LogP contribution in [0.5, 0.6) is 0 Å². The standard InChI is InChI=1S/C21H22N2O4/c1-14(24)15-8-5-9-18(10-15)22-20(25)13-23-12-17-7-4-3-6-16(17)11-19(23)21(26)27-2/h3-10,19H,11-13H2,1-2H3,(H,22,25)/p+1/t19-/m0/s1. The van der Waals surface area contributed by atoms with Crippen LogP contribution in [-0.4, -0.2) is 37.4 Å². The molecule has 1 heterocycles. The van der Waals surface area contributed by atoms with Crippen molar-refractivity contribution < 1.29 is 24.0 Å². The van der Waals surface area contributed by atoms with Crippen LogP contribution < -0.4 is 10.2 Å². The van der Waals surface area contributed by atoms with Crippen molar-refractivity contribution in [3.05, 3.63) is 65.2 Å². The third-order valence-corrected chi connectivity index (χ3v) is 4.88. The lowest BCUT2D eigenvalue weighted by Crippen LogP contribution is -3.17. The second-order valence-electron chi connectivity index (χ2n) is 6.75. The number of Topliss-reactive ketones (excluding diaryl/α,β-unsaturated/α-hetero) is 1. The van der Waals surface area contributed by atoms with Crippen molar-refractivity contribution in [2.24, 2.45) is 0 Å². The Morgan fingerprint density at radius 3 is 2.56 bits per heavy atom. The molecule has 0 fully saturated rings. The van der Waals surface area contributed by atoms with E-state index in [1.54, 1.807) is 24.3 Å². The van der Waals surface area contributed by atoms with Crippen molar-refractivity contribution >= 4 is 23.3 Å². The van der Waals surface area contributed by atoms with E-state index in [9.17, 15) is 14.4 Å². The molecule has 6 heteroatoms. The Labute approximate surface area is 158 Å². The topological polar surface area (TPSA) is 76.9 Å². The van der Waals surface area contributed by atoms with Gasteiger partial charge in [-0.2, -0.15) is 0 Å². The number of fused-ring (bicyclic) bond motifs is 1. The van der Waals surface area contributed by atoms with E-state index < -0.39 is 6.04 Å². The molecule has 0 aromatic heterocycles. The Bertz CT molecular complexity index is 878. The van der Waals surface area contributed by atoms with Crippen LogP contribution in [0.3, 0.4) is 0 Å². The van der Waals surface area contributed by atoms with Crippen LogP contribution in [-0.2, 0) is 27.3 Å². The van der Waals surface area contributed by atoms with Gasteiger partial charge in [0.2, 0.25) is 0 Å². The summed E-state index contributed by atoms with van der Waals surface area (Å²) in [6.45, 7) is 2.20. The Hall–Kier alpha value is -2.99. The van der Waals surface area contributed by atoms with Crippen molar-refractivity contribution in [2.45, 2.75) is 25.9 Å².